The summed E-state index contributed by atoms with van der Waals surface area (Å²) in [5.74, 6) is -0.751. The number of hydrogen-bond acceptors (Lipinski definition) is 3. The molecule has 168 valence electrons. The molecule has 1 unspecified atom stereocenters. The molecule has 2 aromatic rings. The summed E-state index contributed by atoms with van der Waals surface area (Å²) in [7, 11) is 0. The summed E-state index contributed by atoms with van der Waals surface area (Å²) >= 11 is 0. The molecule has 0 saturated heterocycles. The molecule has 2 aromatic carbocycles. The Bertz CT molecular complexity index is 974. The van der Waals surface area contributed by atoms with Gasteiger partial charge in [-0.05, 0) is 80.5 Å². The zero-order valence-corrected chi connectivity index (χ0v) is 18.1. The molecule has 3 rings (SSSR count). The first-order chi connectivity index (χ1) is 14.4. The van der Waals surface area contributed by atoms with Crippen molar-refractivity contribution in [2.24, 2.45) is 0 Å². The van der Waals surface area contributed by atoms with E-state index in [1.54, 1.807) is 32.9 Å². The fraction of sp³-hybridized carbons (Fsp3) is 0.458. The van der Waals surface area contributed by atoms with Crippen molar-refractivity contribution in [2.75, 3.05) is 6.61 Å². The molecule has 1 aliphatic heterocycles. The van der Waals surface area contributed by atoms with E-state index in [9.17, 15) is 23.1 Å². The monoisotopic (exact) mass is 436 g/mol. The van der Waals surface area contributed by atoms with E-state index in [-0.39, 0.29) is 11.1 Å². The first-order valence-electron chi connectivity index (χ1n) is 10.3. The van der Waals surface area contributed by atoms with Crippen molar-refractivity contribution in [2.45, 2.75) is 64.8 Å². The number of carbonyl (C=O) groups is 1. The summed E-state index contributed by atoms with van der Waals surface area (Å²) in [6.45, 7) is 7.29. The topological polar surface area (TPSA) is 55.8 Å². The Labute approximate surface area is 180 Å². The van der Waals surface area contributed by atoms with Gasteiger partial charge in [0.2, 0.25) is 0 Å². The lowest BCUT2D eigenvalue weighted by Crippen LogP contribution is -2.29. The number of hydrogen-bond donors (Lipinski definition) is 1. The van der Waals surface area contributed by atoms with Crippen LogP contribution in [0.25, 0.3) is 11.1 Å². The van der Waals surface area contributed by atoms with Gasteiger partial charge in [-0.1, -0.05) is 19.1 Å². The molecule has 4 nitrogen and oxygen atoms in total. The maximum absolute atomic E-state index is 14.0. The maximum Gasteiger partial charge on any atom is 0.416 e. The highest BCUT2D eigenvalue weighted by Crippen LogP contribution is 2.44. The van der Waals surface area contributed by atoms with E-state index in [0.29, 0.717) is 29.9 Å². The van der Waals surface area contributed by atoms with Gasteiger partial charge in [0.15, 0.2) is 6.10 Å². The van der Waals surface area contributed by atoms with Crippen LogP contribution in [0.1, 0.15) is 62.5 Å². The lowest BCUT2D eigenvalue weighted by molar-refractivity contribution is -0.163. The molecular formula is C24H27F3O4. The van der Waals surface area contributed by atoms with Crippen molar-refractivity contribution in [3.63, 3.8) is 0 Å². The SMILES string of the molecule is CCc1ccc(C(F)(F)F)c(C(OC(C)(C)C)C(=O)O)c1-c1ccc2c(c1)CCCO2. The number of benzene rings is 2. The number of ether oxygens (including phenoxy) is 2. The summed E-state index contributed by atoms with van der Waals surface area (Å²) in [4.78, 5) is 12.2. The van der Waals surface area contributed by atoms with Gasteiger partial charge >= 0.3 is 12.1 Å². The zero-order valence-electron chi connectivity index (χ0n) is 18.1. The van der Waals surface area contributed by atoms with Crippen molar-refractivity contribution in [3.05, 3.63) is 52.6 Å². The molecule has 0 saturated carbocycles. The Balaban J connectivity index is 2.34. The lowest BCUT2D eigenvalue weighted by atomic mass is 9.85. The molecule has 1 heterocycles. The second-order valence-corrected chi connectivity index (χ2v) is 8.64. The normalized spacial score (nSPS) is 15.2. The minimum Gasteiger partial charge on any atom is -0.493 e. The molecule has 0 aliphatic carbocycles. The van der Waals surface area contributed by atoms with Crippen molar-refractivity contribution in [1.29, 1.82) is 0 Å². The quantitative estimate of drug-likeness (QED) is 0.606. The van der Waals surface area contributed by atoms with Crippen molar-refractivity contribution >= 4 is 5.97 Å². The van der Waals surface area contributed by atoms with Crippen LogP contribution in [0, 0.1) is 0 Å². The van der Waals surface area contributed by atoms with E-state index in [1.165, 1.54) is 6.07 Å². The van der Waals surface area contributed by atoms with E-state index in [1.807, 2.05) is 13.0 Å². The van der Waals surface area contributed by atoms with E-state index >= 15 is 0 Å². The summed E-state index contributed by atoms with van der Waals surface area (Å²) in [5.41, 5.74) is 0.0144. The second kappa shape index (κ2) is 8.54. The molecule has 0 amide bonds. The van der Waals surface area contributed by atoms with E-state index in [0.717, 1.165) is 24.5 Å². The number of halogens is 3. The predicted octanol–water partition coefficient (Wildman–Crippen LogP) is 6.20. The van der Waals surface area contributed by atoms with Crippen LogP contribution in [0.2, 0.25) is 0 Å². The van der Waals surface area contributed by atoms with Gasteiger partial charge in [-0.15, -0.1) is 0 Å². The average Bonchev–Trinajstić information content (AvgIpc) is 2.69. The van der Waals surface area contributed by atoms with Gasteiger partial charge in [0, 0.05) is 5.56 Å². The molecule has 31 heavy (non-hydrogen) atoms. The molecule has 0 bridgehead atoms. The van der Waals surface area contributed by atoms with Crippen molar-refractivity contribution < 1.29 is 32.5 Å². The third-order valence-corrected chi connectivity index (χ3v) is 5.17. The Morgan fingerprint density at radius 2 is 1.90 bits per heavy atom. The van der Waals surface area contributed by atoms with Gasteiger partial charge in [-0.3, -0.25) is 0 Å². The Morgan fingerprint density at radius 3 is 2.48 bits per heavy atom. The first-order valence-corrected chi connectivity index (χ1v) is 10.3. The number of rotatable bonds is 5. The fourth-order valence-electron chi connectivity index (χ4n) is 3.92. The molecule has 0 aromatic heterocycles. The molecule has 1 N–H and O–H groups in total. The smallest absolute Gasteiger partial charge is 0.416 e. The number of aliphatic carboxylic acids is 1. The van der Waals surface area contributed by atoms with Crippen LogP contribution in [0.5, 0.6) is 5.75 Å². The van der Waals surface area contributed by atoms with Gasteiger partial charge in [0.25, 0.3) is 0 Å². The zero-order chi connectivity index (χ0) is 23.0. The van der Waals surface area contributed by atoms with Crippen molar-refractivity contribution in [3.8, 4) is 16.9 Å². The Morgan fingerprint density at radius 1 is 1.19 bits per heavy atom. The lowest BCUT2D eigenvalue weighted by Gasteiger charge is -2.30. The third kappa shape index (κ3) is 5.03. The highest BCUT2D eigenvalue weighted by molar-refractivity contribution is 5.83. The van der Waals surface area contributed by atoms with Gasteiger partial charge in [0.1, 0.15) is 5.75 Å². The van der Waals surface area contributed by atoms with Gasteiger partial charge in [-0.25, -0.2) is 4.79 Å². The third-order valence-electron chi connectivity index (χ3n) is 5.17. The van der Waals surface area contributed by atoms with Crippen LogP contribution in [0.15, 0.2) is 30.3 Å². The molecule has 7 heteroatoms. The van der Waals surface area contributed by atoms with Crippen LogP contribution in [-0.4, -0.2) is 23.3 Å². The van der Waals surface area contributed by atoms with Crippen LogP contribution >= 0.6 is 0 Å². The summed E-state index contributed by atoms with van der Waals surface area (Å²) in [6, 6.07) is 7.63. The van der Waals surface area contributed by atoms with Crippen LogP contribution in [0.4, 0.5) is 13.2 Å². The van der Waals surface area contributed by atoms with Crippen LogP contribution in [0.3, 0.4) is 0 Å². The minimum absolute atomic E-state index is 0.266. The summed E-state index contributed by atoms with van der Waals surface area (Å²) < 4.78 is 53.4. The van der Waals surface area contributed by atoms with E-state index in [4.69, 9.17) is 9.47 Å². The standard InChI is InChI=1S/C24H27F3O4/c1-5-14-8-10-17(24(25,26)27)20(21(22(28)29)31-23(2,3)4)19(14)16-9-11-18-15(13-16)7-6-12-30-18/h8-11,13,21H,5-7,12H2,1-4H3,(H,28,29). The Hall–Kier alpha value is -2.54. The van der Waals surface area contributed by atoms with Gasteiger partial charge in [0.05, 0.1) is 17.8 Å². The number of carboxylic acid groups (broad SMARTS) is 1. The number of fused-ring (bicyclic) bond motifs is 1. The molecule has 1 aliphatic rings. The van der Waals surface area contributed by atoms with Gasteiger partial charge in [-0.2, -0.15) is 13.2 Å². The summed E-state index contributed by atoms with van der Waals surface area (Å²) in [5, 5.41) is 9.89. The predicted molar refractivity (Wildman–Crippen MR) is 111 cm³/mol. The molecule has 0 fully saturated rings. The molecule has 0 radical (unpaired) electrons. The second-order valence-electron chi connectivity index (χ2n) is 8.64. The number of aryl methyl sites for hydroxylation is 2. The summed E-state index contributed by atoms with van der Waals surface area (Å²) in [6.07, 6.45) is -4.50. The fourth-order valence-corrected chi connectivity index (χ4v) is 3.92. The molecule has 1 atom stereocenters. The number of alkyl halides is 3. The maximum atomic E-state index is 14.0. The molecule has 0 spiro atoms. The highest BCUT2D eigenvalue weighted by atomic mass is 19.4. The highest BCUT2D eigenvalue weighted by Gasteiger charge is 2.41. The average molecular weight is 436 g/mol. The van der Waals surface area contributed by atoms with Crippen LogP contribution in [-0.2, 0) is 28.5 Å². The van der Waals surface area contributed by atoms with Crippen molar-refractivity contribution in [1.82, 2.24) is 0 Å². The van der Waals surface area contributed by atoms with Gasteiger partial charge < -0.3 is 14.6 Å². The first kappa shape index (κ1) is 23.1. The Kier molecular flexibility index (Phi) is 6.37. The number of carboxylic acids is 1. The minimum atomic E-state index is -4.73. The van der Waals surface area contributed by atoms with E-state index in [2.05, 4.69) is 0 Å². The largest absolute Gasteiger partial charge is 0.493 e. The van der Waals surface area contributed by atoms with Crippen LogP contribution < -0.4 is 4.74 Å². The molecular weight excluding hydrogens is 409 g/mol. The van der Waals surface area contributed by atoms with E-state index < -0.39 is 29.4 Å².